The van der Waals surface area contributed by atoms with Crippen molar-refractivity contribution < 1.29 is 9.90 Å². The predicted octanol–water partition coefficient (Wildman–Crippen LogP) is 2.05. The minimum absolute atomic E-state index is 0.215. The minimum atomic E-state index is -0.974. The molecule has 0 aliphatic heterocycles. The van der Waals surface area contributed by atoms with E-state index in [4.69, 9.17) is 10.4 Å². The molecule has 3 heteroatoms. The number of nitrogens with zero attached hydrogens (tertiary/aromatic N) is 1. The molecular weight excluding hydrogens is 178 g/mol. The number of rotatable bonds is 2. The van der Waals surface area contributed by atoms with E-state index < -0.39 is 5.97 Å². The zero-order chi connectivity index (χ0) is 10.6. The van der Waals surface area contributed by atoms with Crippen LogP contribution in [0.3, 0.4) is 0 Å². The largest absolute Gasteiger partial charge is 0.478 e. The molecule has 0 atom stereocenters. The molecule has 0 aliphatic rings. The van der Waals surface area contributed by atoms with Crippen molar-refractivity contribution in [3.63, 3.8) is 0 Å². The van der Waals surface area contributed by atoms with Crippen molar-refractivity contribution in [2.45, 2.75) is 6.92 Å². The summed E-state index contributed by atoms with van der Waals surface area (Å²) >= 11 is 0. The summed E-state index contributed by atoms with van der Waals surface area (Å²) in [6.45, 7) is 1.50. The Morgan fingerprint density at radius 2 is 2.14 bits per heavy atom. The number of hydrogen-bond donors (Lipinski definition) is 1. The van der Waals surface area contributed by atoms with E-state index >= 15 is 0 Å². The van der Waals surface area contributed by atoms with Crippen LogP contribution in [-0.4, -0.2) is 11.1 Å². The standard InChI is InChI=1S/C11H9NO2/c1-8(11(13)14)6-9-4-2-3-5-10(9)7-12/h2-6H,1H3,(H,13,14). The third-order valence-electron chi connectivity index (χ3n) is 1.79. The monoisotopic (exact) mass is 187 g/mol. The molecule has 0 amide bonds. The van der Waals surface area contributed by atoms with Crippen LogP contribution in [0.25, 0.3) is 6.08 Å². The molecule has 0 aliphatic carbocycles. The number of carboxylic acid groups (broad SMARTS) is 1. The second-order valence-corrected chi connectivity index (χ2v) is 2.83. The van der Waals surface area contributed by atoms with Crippen molar-refractivity contribution in [1.29, 1.82) is 5.26 Å². The number of carboxylic acids is 1. The smallest absolute Gasteiger partial charge is 0.331 e. The van der Waals surface area contributed by atoms with Gasteiger partial charge in [-0.25, -0.2) is 4.79 Å². The van der Waals surface area contributed by atoms with Crippen molar-refractivity contribution in [2.24, 2.45) is 0 Å². The van der Waals surface area contributed by atoms with E-state index in [9.17, 15) is 4.79 Å². The van der Waals surface area contributed by atoms with Crippen LogP contribution >= 0.6 is 0 Å². The van der Waals surface area contributed by atoms with Gasteiger partial charge in [0.2, 0.25) is 0 Å². The third kappa shape index (κ3) is 2.20. The summed E-state index contributed by atoms with van der Waals surface area (Å²) in [6, 6.07) is 8.88. The Hall–Kier alpha value is -2.08. The van der Waals surface area contributed by atoms with Crippen LogP contribution in [0.2, 0.25) is 0 Å². The van der Waals surface area contributed by atoms with E-state index in [0.717, 1.165) is 0 Å². The molecule has 3 nitrogen and oxygen atoms in total. The summed E-state index contributed by atoms with van der Waals surface area (Å²) in [4.78, 5) is 10.6. The SMILES string of the molecule is CC(=Cc1ccccc1C#N)C(=O)O. The second-order valence-electron chi connectivity index (χ2n) is 2.83. The van der Waals surface area contributed by atoms with Crippen LogP contribution in [0.15, 0.2) is 29.8 Å². The number of hydrogen-bond acceptors (Lipinski definition) is 2. The number of benzene rings is 1. The highest BCUT2D eigenvalue weighted by Crippen LogP contribution is 2.11. The third-order valence-corrected chi connectivity index (χ3v) is 1.79. The molecule has 0 heterocycles. The van der Waals surface area contributed by atoms with E-state index in [1.54, 1.807) is 24.3 Å². The van der Waals surface area contributed by atoms with Crippen LogP contribution in [0.5, 0.6) is 0 Å². The summed E-state index contributed by atoms with van der Waals surface area (Å²) in [5.74, 6) is -0.974. The van der Waals surface area contributed by atoms with E-state index in [1.807, 2.05) is 6.07 Å². The minimum Gasteiger partial charge on any atom is -0.478 e. The lowest BCUT2D eigenvalue weighted by molar-refractivity contribution is -0.132. The summed E-state index contributed by atoms with van der Waals surface area (Å²) in [5, 5.41) is 17.4. The van der Waals surface area contributed by atoms with Gasteiger partial charge in [-0.05, 0) is 24.6 Å². The number of nitriles is 1. The summed E-state index contributed by atoms with van der Waals surface area (Å²) in [7, 11) is 0. The quantitative estimate of drug-likeness (QED) is 0.720. The molecule has 0 spiro atoms. The maximum Gasteiger partial charge on any atom is 0.331 e. The van der Waals surface area contributed by atoms with Gasteiger partial charge in [0.25, 0.3) is 0 Å². The molecule has 1 N–H and O–H groups in total. The van der Waals surface area contributed by atoms with Gasteiger partial charge in [0, 0.05) is 5.57 Å². The zero-order valence-corrected chi connectivity index (χ0v) is 7.69. The van der Waals surface area contributed by atoms with Gasteiger partial charge in [-0.2, -0.15) is 5.26 Å². The van der Waals surface area contributed by atoms with Crippen molar-refractivity contribution in [2.75, 3.05) is 0 Å². The Morgan fingerprint density at radius 3 is 2.71 bits per heavy atom. The van der Waals surface area contributed by atoms with Gasteiger partial charge >= 0.3 is 5.97 Å². The molecule has 14 heavy (non-hydrogen) atoms. The Bertz CT molecular complexity index is 427. The van der Waals surface area contributed by atoms with Gasteiger partial charge in [0.05, 0.1) is 11.6 Å². The molecule has 0 saturated heterocycles. The van der Waals surface area contributed by atoms with Crippen LogP contribution in [0, 0.1) is 11.3 Å². The number of aliphatic carboxylic acids is 1. The summed E-state index contributed by atoms with van der Waals surface area (Å²) in [5.41, 5.74) is 1.33. The molecular formula is C11H9NO2. The first-order valence-corrected chi connectivity index (χ1v) is 4.06. The first-order chi connectivity index (χ1) is 6.65. The van der Waals surface area contributed by atoms with Gasteiger partial charge in [0.15, 0.2) is 0 Å². The fourth-order valence-corrected chi connectivity index (χ4v) is 1.02. The number of carbonyl (C=O) groups is 1. The van der Waals surface area contributed by atoms with Crippen LogP contribution < -0.4 is 0 Å². The summed E-state index contributed by atoms with van der Waals surface area (Å²) in [6.07, 6.45) is 1.49. The van der Waals surface area contributed by atoms with Crippen molar-refractivity contribution in [3.05, 3.63) is 41.0 Å². The molecule has 1 aromatic rings. The predicted molar refractivity (Wildman–Crippen MR) is 52.4 cm³/mol. The molecule has 0 unspecified atom stereocenters. The normalized spacial score (nSPS) is 10.7. The molecule has 0 fully saturated rings. The molecule has 0 aromatic heterocycles. The van der Waals surface area contributed by atoms with E-state index in [-0.39, 0.29) is 5.57 Å². The molecule has 70 valence electrons. The van der Waals surface area contributed by atoms with E-state index in [0.29, 0.717) is 11.1 Å². The highest BCUT2D eigenvalue weighted by Gasteiger charge is 2.02. The van der Waals surface area contributed by atoms with Crippen molar-refractivity contribution in [3.8, 4) is 6.07 Å². The summed E-state index contributed by atoms with van der Waals surface area (Å²) < 4.78 is 0. The Kier molecular flexibility index (Phi) is 3.03. The lowest BCUT2D eigenvalue weighted by atomic mass is 10.1. The first-order valence-electron chi connectivity index (χ1n) is 4.06. The van der Waals surface area contributed by atoms with Crippen LogP contribution in [-0.2, 0) is 4.79 Å². The first kappa shape index (κ1) is 10.0. The fraction of sp³-hybridized carbons (Fsp3) is 0.0909. The highest BCUT2D eigenvalue weighted by molar-refractivity contribution is 5.91. The van der Waals surface area contributed by atoms with Gasteiger partial charge < -0.3 is 5.11 Å². The van der Waals surface area contributed by atoms with Crippen molar-refractivity contribution >= 4 is 12.0 Å². The molecule has 1 rings (SSSR count). The fourth-order valence-electron chi connectivity index (χ4n) is 1.02. The molecule has 0 bridgehead atoms. The van der Waals surface area contributed by atoms with Gasteiger partial charge in [0.1, 0.15) is 0 Å². The molecule has 1 aromatic carbocycles. The van der Waals surface area contributed by atoms with Crippen molar-refractivity contribution in [1.82, 2.24) is 0 Å². The average molecular weight is 187 g/mol. The highest BCUT2D eigenvalue weighted by atomic mass is 16.4. The van der Waals surface area contributed by atoms with Crippen LogP contribution in [0.4, 0.5) is 0 Å². The van der Waals surface area contributed by atoms with E-state index in [1.165, 1.54) is 13.0 Å². The lowest BCUT2D eigenvalue weighted by Crippen LogP contribution is -1.96. The average Bonchev–Trinajstić information content (AvgIpc) is 2.18. The molecule has 0 saturated carbocycles. The van der Waals surface area contributed by atoms with Gasteiger partial charge in [-0.3, -0.25) is 0 Å². The van der Waals surface area contributed by atoms with E-state index in [2.05, 4.69) is 0 Å². The topological polar surface area (TPSA) is 61.1 Å². The van der Waals surface area contributed by atoms with Gasteiger partial charge in [-0.15, -0.1) is 0 Å². The maximum atomic E-state index is 10.6. The van der Waals surface area contributed by atoms with Gasteiger partial charge in [-0.1, -0.05) is 18.2 Å². The Labute approximate surface area is 81.9 Å². The molecule has 0 radical (unpaired) electrons. The Balaban J connectivity index is 3.15. The zero-order valence-electron chi connectivity index (χ0n) is 7.69. The van der Waals surface area contributed by atoms with Crippen LogP contribution in [0.1, 0.15) is 18.1 Å². The second kappa shape index (κ2) is 4.24. The maximum absolute atomic E-state index is 10.6. The Morgan fingerprint density at radius 1 is 1.50 bits per heavy atom. The lowest BCUT2D eigenvalue weighted by Gasteiger charge is -1.97.